The van der Waals surface area contributed by atoms with Gasteiger partial charge in [0.15, 0.2) is 5.82 Å². The van der Waals surface area contributed by atoms with E-state index in [2.05, 4.69) is 61.8 Å². The van der Waals surface area contributed by atoms with E-state index in [1.165, 1.54) is 18.4 Å². The van der Waals surface area contributed by atoms with E-state index in [0.717, 1.165) is 57.3 Å². The highest BCUT2D eigenvalue weighted by Gasteiger charge is 2.23. The monoisotopic (exact) mass is 411 g/mol. The molecule has 1 amide bonds. The average molecular weight is 412 g/mol. The molecule has 162 valence electrons. The molecule has 2 saturated heterocycles. The van der Waals surface area contributed by atoms with Gasteiger partial charge in [-0.15, -0.1) is 5.10 Å². The Balaban J connectivity index is 1.26. The van der Waals surface area contributed by atoms with Crippen LogP contribution in [0, 0.1) is 5.92 Å². The van der Waals surface area contributed by atoms with Crippen LogP contribution in [0.1, 0.15) is 44.0 Å². The number of aromatic nitrogens is 4. The molecule has 1 aromatic carbocycles. The SMILES string of the molecule is CC1CCN(Cc2nnnn2CC(=O)N[C@H]2CCCN(Cc3ccccc3)C2)CC1. The molecule has 0 spiro atoms. The number of nitrogens with zero attached hydrogens (tertiary/aromatic N) is 6. The molecule has 2 aliphatic rings. The lowest BCUT2D eigenvalue weighted by atomic mass is 9.99. The predicted molar refractivity (Wildman–Crippen MR) is 114 cm³/mol. The summed E-state index contributed by atoms with van der Waals surface area (Å²) in [4.78, 5) is 17.5. The molecule has 0 unspecified atom stereocenters. The van der Waals surface area contributed by atoms with Crippen molar-refractivity contribution in [1.29, 1.82) is 0 Å². The Labute approximate surface area is 178 Å². The molecule has 1 atom stereocenters. The van der Waals surface area contributed by atoms with Crippen LogP contribution in [0.2, 0.25) is 0 Å². The standard InChI is InChI=1S/C22H33N7O/c1-18-9-12-27(13-10-18)16-21-24-25-26-29(21)17-22(30)23-20-8-5-11-28(15-20)14-19-6-3-2-4-7-19/h2-4,6-7,18,20H,5,8-17H2,1H3,(H,23,30)/t20-/m0/s1. The molecular formula is C22H33N7O. The third-order valence-corrected chi connectivity index (χ3v) is 6.26. The first-order valence-electron chi connectivity index (χ1n) is 11.2. The summed E-state index contributed by atoms with van der Waals surface area (Å²) < 4.78 is 1.65. The van der Waals surface area contributed by atoms with Crippen molar-refractivity contribution in [2.24, 2.45) is 5.92 Å². The Morgan fingerprint density at radius 2 is 1.87 bits per heavy atom. The zero-order valence-electron chi connectivity index (χ0n) is 17.9. The molecule has 0 saturated carbocycles. The normalized spacial score (nSPS) is 21.6. The van der Waals surface area contributed by atoms with Gasteiger partial charge in [-0.1, -0.05) is 37.3 Å². The van der Waals surface area contributed by atoms with Crippen molar-refractivity contribution in [3.05, 3.63) is 41.7 Å². The number of carbonyl (C=O) groups is 1. The molecule has 0 bridgehead atoms. The van der Waals surface area contributed by atoms with Gasteiger partial charge in [-0.3, -0.25) is 14.6 Å². The molecule has 2 aliphatic heterocycles. The molecule has 1 N–H and O–H groups in total. The highest BCUT2D eigenvalue weighted by molar-refractivity contribution is 5.76. The van der Waals surface area contributed by atoms with Crippen LogP contribution < -0.4 is 5.32 Å². The number of tetrazole rings is 1. The zero-order valence-corrected chi connectivity index (χ0v) is 17.9. The van der Waals surface area contributed by atoms with E-state index in [4.69, 9.17) is 0 Å². The lowest BCUT2D eigenvalue weighted by Crippen LogP contribution is -2.48. The van der Waals surface area contributed by atoms with E-state index in [-0.39, 0.29) is 18.5 Å². The minimum Gasteiger partial charge on any atom is -0.350 e. The smallest absolute Gasteiger partial charge is 0.242 e. The highest BCUT2D eigenvalue weighted by Crippen LogP contribution is 2.17. The first kappa shape index (κ1) is 20.9. The van der Waals surface area contributed by atoms with Crippen LogP contribution in [0.25, 0.3) is 0 Å². The topological polar surface area (TPSA) is 79.2 Å². The maximum Gasteiger partial charge on any atom is 0.242 e. The average Bonchev–Trinajstić information content (AvgIpc) is 3.17. The van der Waals surface area contributed by atoms with Gasteiger partial charge in [0, 0.05) is 19.1 Å². The number of amides is 1. The number of benzene rings is 1. The van der Waals surface area contributed by atoms with Crippen LogP contribution in [0.3, 0.4) is 0 Å². The van der Waals surface area contributed by atoms with E-state index >= 15 is 0 Å². The summed E-state index contributed by atoms with van der Waals surface area (Å²) in [5.41, 5.74) is 1.31. The van der Waals surface area contributed by atoms with E-state index in [9.17, 15) is 4.79 Å². The van der Waals surface area contributed by atoms with Gasteiger partial charge in [-0.05, 0) is 67.2 Å². The van der Waals surface area contributed by atoms with Crippen LogP contribution in [-0.4, -0.2) is 68.1 Å². The van der Waals surface area contributed by atoms with Gasteiger partial charge < -0.3 is 5.32 Å². The van der Waals surface area contributed by atoms with Crippen LogP contribution in [-0.2, 0) is 24.4 Å². The van der Waals surface area contributed by atoms with E-state index in [1.807, 2.05) is 6.07 Å². The summed E-state index contributed by atoms with van der Waals surface area (Å²) in [5, 5.41) is 15.2. The summed E-state index contributed by atoms with van der Waals surface area (Å²) >= 11 is 0. The second-order valence-electron chi connectivity index (χ2n) is 8.84. The van der Waals surface area contributed by atoms with Crippen LogP contribution in [0.4, 0.5) is 0 Å². The summed E-state index contributed by atoms with van der Waals surface area (Å²) in [6.45, 7) is 8.22. The molecule has 2 fully saturated rings. The Morgan fingerprint density at radius 3 is 2.67 bits per heavy atom. The lowest BCUT2D eigenvalue weighted by molar-refractivity contribution is -0.123. The Bertz CT molecular complexity index is 801. The fraction of sp³-hybridized carbons (Fsp3) is 0.636. The number of carbonyl (C=O) groups excluding carboxylic acids is 1. The van der Waals surface area contributed by atoms with Crippen molar-refractivity contribution < 1.29 is 4.79 Å². The largest absolute Gasteiger partial charge is 0.350 e. The van der Waals surface area contributed by atoms with Gasteiger partial charge in [0.25, 0.3) is 0 Å². The van der Waals surface area contributed by atoms with E-state index < -0.39 is 0 Å². The quantitative estimate of drug-likeness (QED) is 0.747. The van der Waals surface area contributed by atoms with Crippen LogP contribution in [0.15, 0.2) is 30.3 Å². The number of nitrogens with one attached hydrogen (secondary N) is 1. The fourth-order valence-electron chi connectivity index (χ4n) is 4.45. The van der Waals surface area contributed by atoms with Gasteiger partial charge in [-0.2, -0.15) is 0 Å². The van der Waals surface area contributed by atoms with Crippen molar-refractivity contribution in [1.82, 2.24) is 35.3 Å². The van der Waals surface area contributed by atoms with Gasteiger partial charge in [-0.25, -0.2) is 4.68 Å². The maximum absolute atomic E-state index is 12.7. The summed E-state index contributed by atoms with van der Waals surface area (Å²) in [6.07, 6.45) is 4.54. The van der Waals surface area contributed by atoms with Gasteiger partial charge in [0.2, 0.25) is 5.91 Å². The molecule has 4 rings (SSSR count). The molecule has 0 radical (unpaired) electrons. The summed E-state index contributed by atoms with van der Waals surface area (Å²) in [6, 6.07) is 10.7. The molecule has 1 aromatic heterocycles. The first-order chi connectivity index (χ1) is 14.7. The molecule has 30 heavy (non-hydrogen) atoms. The summed E-state index contributed by atoms with van der Waals surface area (Å²) in [7, 11) is 0. The van der Waals surface area contributed by atoms with E-state index in [0.29, 0.717) is 6.54 Å². The molecule has 0 aliphatic carbocycles. The highest BCUT2D eigenvalue weighted by atomic mass is 16.2. The minimum atomic E-state index is -0.0117. The van der Waals surface area contributed by atoms with Crippen molar-refractivity contribution >= 4 is 5.91 Å². The number of hydrogen-bond acceptors (Lipinski definition) is 6. The Hall–Kier alpha value is -2.32. The maximum atomic E-state index is 12.7. The van der Waals surface area contributed by atoms with Gasteiger partial charge >= 0.3 is 0 Å². The number of piperidine rings is 2. The second kappa shape index (κ2) is 10.1. The lowest BCUT2D eigenvalue weighted by Gasteiger charge is -2.33. The number of hydrogen-bond donors (Lipinski definition) is 1. The van der Waals surface area contributed by atoms with Crippen molar-refractivity contribution in [2.75, 3.05) is 26.2 Å². The zero-order chi connectivity index (χ0) is 20.8. The minimum absolute atomic E-state index is 0.0117. The fourth-order valence-corrected chi connectivity index (χ4v) is 4.45. The second-order valence-corrected chi connectivity index (χ2v) is 8.84. The predicted octanol–water partition coefficient (Wildman–Crippen LogP) is 1.69. The molecule has 8 nitrogen and oxygen atoms in total. The third kappa shape index (κ3) is 5.86. The van der Waals surface area contributed by atoms with Crippen molar-refractivity contribution in [3.8, 4) is 0 Å². The first-order valence-corrected chi connectivity index (χ1v) is 11.2. The van der Waals surface area contributed by atoms with Crippen molar-refractivity contribution in [2.45, 2.75) is 58.3 Å². The van der Waals surface area contributed by atoms with Crippen LogP contribution in [0.5, 0.6) is 0 Å². The van der Waals surface area contributed by atoms with Gasteiger partial charge in [0.05, 0.1) is 6.54 Å². The molecule has 2 aromatic rings. The Kier molecular flexibility index (Phi) is 7.07. The van der Waals surface area contributed by atoms with Crippen molar-refractivity contribution in [3.63, 3.8) is 0 Å². The van der Waals surface area contributed by atoms with E-state index in [1.54, 1.807) is 4.68 Å². The molecule has 8 heteroatoms. The van der Waals surface area contributed by atoms with Gasteiger partial charge in [0.1, 0.15) is 6.54 Å². The van der Waals surface area contributed by atoms with Crippen LogP contribution >= 0.6 is 0 Å². The number of likely N-dealkylation sites (tertiary alicyclic amines) is 2. The Morgan fingerprint density at radius 1 is 1.07 bits per heavy atom. The molecule has 3 heterocycles. The third-order valence-electron chi connectivity index (χ3n) is 6.26. The summed E-state index contributed by atoms with van der Waals surface area (Å²) in [5.74, 6) is 1.55. The molecular weight excluding hydrogens is 378 g/mol. The number of rotatable bonds is 7.